The molecule has 128 valence electrons. The number of amides is 2. The fourth-order valence-corrected chi connectivity index (χ4v) is 3.47. The van der Waals surface area contributed by atoms with Gasteiger partial charge in [0, 0.05) is 26.2 Å². The molecule has 1 aromatic rings. The fraction of sp³-hybridized carbons (Fsp3) is 0.444. The van der Waals surface area contributed by atoms with Gasteiger partial charge in [-0.15, -0.1) is 0 Å². The van der Waals surface area contributed by atoms with Crippen LogP contribution in [0.3, 0.4) is 0 Å². The molecule has 6 heteroatoms. The Balaban J connectivity index is 1.72. The van der Waals surface area contributed by atoms with Crippen LogP contribution in [0.25, 0.3) is 0 Å². The van der Waals surface area contributed by atoms with Crippen molar-refractivity contribution in [3.8, 4) is 0 Å². The molecule has 2 N–H and O–H groups in total. The summed E-state index contributed by atoms with van der Waals surface area (Å²) in [5, 5.41) is 6.63. The summed E-state index contributed by atoms with van der Waals surface area (Å²) in [7, 11) is 0. The Morgan fingerprint density at radius 2 is 1.75 bits per heavy atom. The first-order chi connectivity index (χ1) is 11.7. The molecule has 1 fully saturated rings. The van der Waals surface area contributed by atoms with Crippen LogP contribution in [0.5, 0.6) is 0 Å². The van der Waals surface area contributed by atoms with Gasteiger partial charge in [0.1, 0.15) is 0 Å². The molecule has 2 atom stereocenters. The van der Waals surface area contributed by atoms with Crippen molar-refractivity contribution in [1.29, 1.82) is 0 Å². The van der Waals surface area contributed by atoms with Gasteiger partial charge in [-0.3, -0.25) is 9.59 Å². The van der Waals surface area contributed by atoms with E-state index in [1.165, 1.54) is 0 Å². The van der Waals surface area contributed by atoms with E-state index in [2.05, 4.69) is 10.6 Å². The van der Waals surface area contributed by atoms with Gasteiger partial charge < -0.3 is 15.5 Å². The number of anilines is 1. The molecule has 0 radical (unpaired) electrons. The lowest BCUT2D eigenvalue weighted by Gasteiger charge is -2.34. The second kappa shape index (κ2) is 7.81. The third-order valence-electron chi connectivity index (χ3n) is 4.65. The van der Waals surface area contributed by atoms with Gasteiger partial charge in [0.2, 0.25) is 11.8 Å². The highest BCUT2D eigenvalue weighted by atomic mass is 35.5. The molecule has 1 aromatic carbocycles. The van der Waals surface area contributed by atoms with Gasteiger partial charge in [0.05, 0.1) is 22.5 Å². The van der Waals surface area contributed by atoms with Crippen molar-refractivity contribution in [1.82, 2.24) is 10.2 Å². The van der Waals surface area contributed by atoms with E-state index in [9.17, 15) is 9.59 Å². The van der Waals surface area contributed by atoms with Gasteiger partial charge in [0.25, 0.3) is 0 Å². The van der Waals surface area contributed by atoms with Gasteiger partial charge in [-0.05, 0) is 25.0 Å². The van der Waals surface area contributed by atoms with Gasteiger partial charge in [-0.1, -0.05) is 35.9 Å². The molecule has 1 aliphatic heterocycles. The summed E-state index contributed by atoms with van der Waals surface area (Å²) < 4.78 is 0. The number of hydrogen-bond acceptors (Lipinski definition) is 3. The van der Waals surface area contributed by atoms with Crippen LogP contribution in [0.4, 0.5) is 5.69 Å². The molecule has 0 saturated carbocycles. The van der Waals surface area contributed by atoms with Crippen LogP contribution >= 0.6 is 11.6 Å². The van der Waals surface area contributed by atoms with Crippen molar-refractivity contribution in [3.05, 3.63) is 41.4 Å². The summed E-state index contributed by atoms with van der Waals surface area (Å²) in [4.78, 5) is 27.4. The molecular formula is C18H22ClN3O2. The maximum absolute atomic E-state index is 12.8. The lowest BCUT2D eigenvalue weighted by atomic mass is 9.81. The van der Waals surface area contributed by atoms with Crippen molar-refractivity contribution < 1.29 is 9.59 Å². The average Bonchev–Trinajstić information content (AvgIpc) is 2.63. The molecule has 5 nitrogen and oxygen atoms in total. The summed E-state index contributed by atoms with van der Waals surface area (Å²) in [5.74, 6) is -0.703. The summed E-state index contributed by atoms with van der Waals surface area (Å²) in [6.45, 7) is 3.03. The second-order valence-electron chi connectivity index (χ2n) is 6.20. The molecule has 3 rings (SSSR count). The zero-order chi connectivity index (χ0) is 16.9. The van der Waals surface area contributed by atoms with E-state index >= 15 is 0 Å². The normalized spacial score (nSPS) is 23.8. The number of benzene rings is 1. The molecule has 1 heterocycles. The number of rotatable bonds is 3. The van der Waals surface area contributed by atoms with E-state index in [-0.39, 0.29) is 23.7 Å². The Hall–Kier alpha value is -1.85. The van der Waals surface area contributed by atoms with Crippen LogP contribution in [0.1, 0.15) is 12.8 Å². The molecule has 1 saturated heterocycles. The van der Waals surface area contributed by atoms with Crippen molar-refractivity contribution in [2.75, 3.05) is 31.5 Å². The molecule has 24 heavy (non-hydrogen) atoms. The summed E-state index contributed by atoms with van der Waals surface area (Å²) in [6.07, 6.45) is 5.19. The van der Waals surface area contributed by atoms with Gasteiger partial charge >= 0.3 is 0 Å². The zero-order valence-corrected chi connectivity index (χ0v) is 14.3. The lowest BCUT2D eigenvalue weighted by Crippen LogP contribution is -2.50. The van der Waals surface area contributed by atoms with Crippen molar-refractivity contribution >= 4 is 29.1 Å². The Morgan fingerprint density at radius 3 is 2.46 bits per heavy atom. The second-order valence-corrected chi connectivity index (χ2v) is 6.61. The summed E-state index contributed by atoms with van der Waals surface area (Å²) in [5.41, 5.74) is 0.590. The van der Waals surface area contributed by atoms with E-state index < -0.39 is 0 Å². The number of nitrogens with zero attached hydrogens (tertiary/aromatic N) is 1. The maximum atomic E-state index is 12.8. The van der Waals surface area contributed by atoms with Crippen LogP contribution < -0.4 is 10.6 Å². The number of halogens is 1. The molecule has 1 aliphatic carbocycles. The van der Waals surface area contributed by atoms with Gasteiger partial charge in [-0.25, -0.2) is 0 Å². The smallest absolute Gasteiger partial charge is 0.228 e. The van der Waals surface area contributed by atoms with Crippen LogP contribution in [-0.4, -0.2) is 42.9 Å². The van der Waals surface area contributed by atoms with E-state index in [1.807, 2.05) is 29.2 Å². The number of para-hydroxylation sites is 1. The Kier molecular flexibility index (Phi) is 5.53. The third-order valence-corrected chi connectivity index (χ3v) is 4.98. The average molecular weight is 348 g/mol. The molecule has 0 aromatic heterocycles. The van der Waals surface area contributed by atoms with E-state index in [0.717, 1.165) is 13.1 Å². The molecule has 0 bridgehead atoms. The van der Waals surface area contributed by atoms with Crippen molar-refractivity contribution in [2.24, 2.45) is 11.8 Å². The fourth-order valence-electron chi connectivity index (χ4n) is 3.28. The van der Waals surface area contributed by atoms with Crippen LogP contribution in [0, 0.1) is 11.8 Å². The first-order valence-corrected chi connectivity index (χ1v) is 8.74. The van der Waals surface area contributed by atoms with E-state index in [1.54, 1.807) is 12.1 Å². The predicted octanol–water partition coefficient (Wildman–Crippen LogP) is 2.29. The predicted molar refractivity (Wildman–Crippen MR) is 94.9 cm³/mol. The highest BCUT2D eigenvalue weighted by molar-refractivity contribution is 6.33. The Bertz CT molecular complexity index is 641. The van der Waals surface area contributed by atoms with Crippen LogP contribution in [0.2, 0.25) is 5.02 Å². The highest BCUT2D eigenvalue weighted by Crippen LogP contribution is 2.30. The first-order valence-electron chi connectivity index (χ1n) is 8.36. The number of allylic oxidation sites excluding steroid dienone is 2. The number of hydrogen-bond donors (Lipinski definition) is 2. The largest absolute Gasteiger partial charge is 0.340 e. The minimum absolute atomic E-state index is 0.0835. The minimum atomic E-state index is -0.353. The number of nitrogens with one attached hydrogen (secondary N) is 2. The van der Waals surface area contributed by atoms with Gasteiger partial charge in [-0.2, -0.15) is 0 Å². The number of carbonyl (C=O) groups excluding carboxylic acids is 2. The molecule has 2 unspecified atom stereocenters. The topological polar surface area (TPSA) is 61.4 Å². The number of piperazine rings is 1. The Labute approximate surface area is 147 Å². The van der Waals surface area contributed by atoms with Crippen molar-refractivity contribution in [3.63, 3.8) is 0 Å². The van der Waals surface area contributed by atoms with Crippen molar-refractivity contribution in [2.45, 2.75) is 12.8 Å². The molecular weight excluding hydrogens is 326 g/mol. The SMILES string of the molecule is O=C(Nc1ccccc1Cl)C1CC=CCC1C(=O)N1CCNCC1. The third kappa shape index (κ3) is 3.79. The van der Waals surface area contributed by atoms with Crippen LogP contribution in [0.15, 0.2) is 36.4 Å². The number of carbonyl (C=O) groups is 2. The van der Waals surface area contributed by atoms with Crippen LogP contribution in [-0.2, 0) is 9.59 Å². The quantitative estimate of drug-likeness (QED) is 0.825. The standard InChI is InChI=1S/C18H22ClN3O2/c19-15-7-3-4-8-16(15)21-17(23)13-5-1-2-6-14(13)18(24)22-11-9-20-10-12-22/h1-4,7-8,13-14,20H,5-6,9-12H2,(H,21,23). The zero-order valence-electron chi connectivity index (χ0n) is 13.5. The Morgan fingerprint density at radius 1 is 1.08 bits per heavy atom. The van der Waals surface area contributed by atoms with E-state index in [0.29, 0.717) is 36.6 Å². The van der Waals surface area contributed by atoms with Gasteiger partial charge in [0.15, 0.2) is 0 Å². The first kappa shape index (κ1) is 17.0. The maximum Gasteiger partial charge on any atom is 0.228 e. The molecule has 2 amide bonds. The molecule has 2 aliphatic rings. The lowest BCUT2D eigenvalue weighted by molar-refractivity contribution is -0.141. The summed E-state index contributed by atoms with van der Waals surface area (Å²) >= 11 is 6.12. The summed E-state index contributed by atoms with van der Waals surface area (Å²) in [6, 6.07) is 7.15. The highest BCUT2D eigenvalue weighted by Gasteiger charge is 2.36. The monoisotopic (exact) mass is 347 g/mol. The minimum Gasteiger partial charge on any atom is -0.340 e. The van der Waals surface area contributed by atoms with E-state index in [4.69, 9.17) is 11.6 Å². The molecule has 0 spiro atoms.